The molecule has 0 fully saturated rings. The second kappa shape index (κ2) is 14.0. The monoisotopic (exact) mass is 699 g/mol. The molecule has 0 saturated heterocycles. The second-order valence-corrected chi connectivity index (χ2v) is 14.1. The lowest BCUT2D eigenvalue weighted by Gasteiger charge is -2.13. The number of rotatable bonds is 7. The van der Waals surface area contributed by atoms with E-state index in [9.17, 15) is 0 Å². The first kappa shape index (κ1) is 32.4. The van der Waals surface area contributed by atoms with Crippen molar-refractivity contribution >= 4 is 21.8 Å². The summed E-state index contributed by atoms with van der Waals surface area (Å²) >= 11 is 0. The molecule has 55 heavy (non-hydrogen) atoms. The Morgan fingerprint density at radius 1 is 0.255 bits per heavy atom. The summed E-state index contributed by atoms with van der Waals surface area (Å²) in [6.07, 6.45) is 0. The number of benzene rings is 9. The number of para-hydroxylation sites is 2. The van der Waals surface area contributed by atoms with Gasteiger partial charge in [0, 0.05) is 22.0 Å². The summed E-state index contributed by atoms with van der Waals surface area (Å²) in [6.45, 7) is 0. The molecule has 258 valence electrons. The van der Waals surface area contributed by atoms with Gasteiger partial charge >= 0.3 is 0 Å². The van der Waals surface area contributed by atoms with E-state index in [1.54, 1.807) is 0 Å². The summed E-state index contributed by atoms with van der Waals surface area (Å²) in [7, 11) is 0. The smallest absolute Gasteiger partial charge is 0.0619 e. The summed E-state index contributed by atoms with van der Waals surface area (Å²) in [4.78, 5) is 0. The van der Waals surface area contributed by atoms with Gasteiger partial charge in [-0.15, -0.1) is 0 Å². The van der Waals surface area contributed by atoms with E-state index in [4.69, 9.17) is 0 Å². The molecule has 1 heterocycles. The second-order valence-electron chi connectivity index (χ2n) is 14.1. The molecule has 0 atom stereocenters. The van der Waals surface area contributed by atoms with Crippen LogP contribution in [0.15, 0.2) is 224 Å². The van der Waals surface area contributed by atoms with Crippen LogP contribution in [0.3, 0.4) is 0 Å². The van der Waals surface area contributed by atoms with Gasteiger partial charge in [-0.25, -0.2) is 0 Å². The standard InChI is InChI=1S/C54H37N/c1-5-16-38(17-6-1)45-35-46(39-18-7-2-8-19-39)37-47(36-45)44-23-13-22-43(34-44)40-30-32-42(33-31-40)49-26-15-29-52-53(49)51-28-14-27-50(41-20-9-3-10-21-41)54(51)55(52)48-24-11-4-12-25-48/h1-37H. The number of fused-ring (bicyclic) bond motifs is 3. The molecule has 0 radical (unpaired) electrons. The van der Waals surface area contributed by atoms with Crippen molar-refractivity contribution in [3.63, 3.8) is 0 Å². The Morgan fingerprint density at radius 2 is 0.655 bits per heavy atom. The van der Waals surface area contributed by atoms with E-state index >= 15 is 0 Å². The number of aromatic nitrogens is 1. The fraction of sp³-hybridized carbons (Fsp3) is 0. The first-order valence-corrected chi connectivity index (χ1v) is 18.9. The highest BCUT2D eigenvalue weighted by Crippen LogP contribution is 2.43. The van der Waals surface area contributed by atoms with Gasteiger partial charge in [-0.2, -0.15) is 0 Å². The van der Waals surface area contributed by atoms with Crippen LogP contribution in [0.25, 0.3) is 94.3 Å². The van der Waals surface area contributed by atoms with E-state index < -0.39 is 0 Å². The average Bonchev–Trinajstić information content (AvgIpc) is 3.62. The lowest BCUT2D eigenvalue weighted by Crippen LogP contribution is -1.95. The van der Waals surface area contributed by atoms with Crippen molar-refractivity contribution in [2.45, 2.75) is 0 Å². The van der Waals surface area contributed by atoms with Crippen LogP contribution in [0.4, 0.5) is 0 Å². The zero-order chi connectivity index (χ0) is 36.6. The van der Waals surface area contributed by atoms with E-state index in [2.05, 4.69) is 229 Å². The van der Waals surface area contributed by atoms with Gasteiger partial charge in [0.1, 0.15) is 0 Å². The minimum absolute atomic E-state index is 1.16. The van der Waals surface area contributed by atoms with Crippen molar-refractivity contribution in [3.8, 4) is 72.4 Å². The predicted octanol–water partition coefficient (Wildman–Crippen LogP) is 14.8. The van der Waals surface area contributed by atoms with Gasteiger partial charge in [-0.3, -0.25) is 0 Å². The number of hydrogen-bond acceptors (Lipinski definition) is 0. The average molecular weight is 700 g/mol. The topological polar surface area (TPSA) is 4.93 Å². The molecular weight excluding hydrogens is 663 g/mol. The van der Waals surface area contributed by atoms with Crippen molar-refractivity contribution in [2.75, 3.05) is 0 Å². The molecule has 9 aromatic carbocycles. The quantitative estimate of drug-likeness (QED) is 0.156. The van der Waals surface area contributed by atoms with Gasteiger partial charge in [-0.05, 0) is 104 Å². The lowest BCUT2D eigenvalue weighted by atomic mass is 9.92. The third kappa shape index (κ3) is 6.02. The molecule has 10 rings (SSSR count). The van der Waals surface area contributed by atoms with Crippen molar-refractivity contribution < 1.29 is 0 Å². The van der Waals surface area contributed by atoms with E-state index in [1.807, 2.05) is 0 Å². The first-order valence-electron chi connectivity index (χ1n) is 18.9. The lowest BCUT2D eigenvalue weighted by molar-refractivity contribution is 1.18. The Morgan fingerprint density at radius 3 is 1.27 bits per heavy atom. The fourth-order valence-corrected chi connectivity index (χ4v) is 8.16. The predicted molar refractivity (Wildman–Crippen MR) is 233 cm³/mol. The van der Waals surface area contributed by atoms with Crippen molar-refractivity contribution in [3.05, 3.63) is 224 Å². The highest BCUT2D eigenvalue weighted by atomic mass is 15.0. The normalized spacial score (nSPS) is 11.3. The summed E-state index contributed by atoms with van der Waals surface area (Å²) < 4.78 is 2.44. The van der Waals surface area contributed by atoms with Crippen LogP contribution in [-0.4, -0.2) is 4.57 Å². The molecular formula is C54H37N. The van der Waals surface area contributed by atoms with E-state index in [0.717, 1.165) is 5.69 Å². The zero-order valence-corrected chi connectivity index (χ0v) is 30.3. The highest BCUT2D eigenvalue weighted by molar-refractivity contribution is 6.18. The van der Waals surface area contributed by atoms with Gasteiger partial charge < -0.3 is 4.57 Å². The number of nitrogens with zero attached hydrogens (tertiary/aromatic N) is 1. The molecule has 10 aromatic rings. The largest absolute Gasteiger partial charge is 0.309 e. The molecule has 1 nitrogen and oxygen atoms in total. The van der Waals surface area contributed by atoms with Gasteiger partial charge in [-0.1, -0.05) is 182 Å². The zero-order valence-electron chi connectivity index (χ0n) is 30.3. The van der Waals surface area contributed by atoms with E-state index in [1.165, 1.54) is 88.6 Å². The number of hydrogen-bond donors (Lipinski definition) is 0. The Bertz CT molecular complexity index is 2870. The Balaban J connectivity index is 1.07. The van der Waals surface area contributed by atoms with Crippen molar-refractivity contribution in [2.24, 2.45) is 0 Å². The summed E-state index contributed by atoms with van der Waals surface area (Å²) in [6, 6.07) is 81.3. The van der Waals surface area contributed by atoms with Gasteiger partial charge in [0.15, 0.2) is 0 Å². The molecule has 1 aromatic heterocycles. The molecule has 0 N–H and O–H groups in total. The molecule has 0 aliphatic heterocycles. The SMILES string of the molecule is c1ccc(-c2cc(-c3ccccc3)cc(-c3cccc(-c4ccc(-c5cccc6c5c5cccc(-c7ccccc7)c5n6-c5ccccc5)cc4)c3)c2)cc1. The molecule has 0 spiro atoms. The van der Waals surface area contributed by atoms with Crippen LogP contribution in [-0.2, 0) is 0 Å². The minimum atomic E-state index is 1.16. The summed E-state index contributed by atoms with van der Waals surface area (Å²) in [5, 5.41) is 2.52. The molecule has 0 amide bonds. The van der Waals surface area contributed by atoms with Gasteiger partial charge in [0.05, 0.1) is 11.0 Å². The van der Waals surface area contributed by atoms with E-state index in [0.29, 0.717) is 0 Å². The molecule has 0 aliphatic rings. The van der Waals surface area contributed by atoms with Crippen LogP contribution in [0, 0.1) is 0 Å². The molecule has 0 aliphatic carbocycles. The fourth-order valence-electron chi connectivity index (χ4n) is 8.16. The maximum Gasteiger partial charge on any atom is 0.0619 e. The maximum absolute atomic E-state index is 2.44. The molecule has 0 unspecified atom stereocenters. The maximum atomic E-state index is 2.44. The minimum Gasteiger partial charge on any atom is -0.309 e. The van der Waals surface area contributed by atoms with Crippen molar-refractivity contribution in [1.82, 2.24) is 4.57 Å². The Labute approximate surface area is 322 Å². The molecule has 1 heteroatoms. The third-order valence-electron chi connectivity index (χ3n) is 10.8. The van der Waals surface area contributed by atoms with Crippen LogP contribution in [0.1, 0.15) is 0 Å². The Hall–Kier alpha value is -7.22. The molecule has 0 bridgehead atoms. The third-order valence-corrected chi connectivity index (χ3v) is 10.8. The summed E-state index contributed by atoms with van der Waals surface area (Å²) in [5.74, 6) is 0. The van der Waals surface area contributed by atoms with Crippen molar-refractivity contribution in [1.29, 1.82) is 0 Å². The van der Waals surface area contributed by atoms with Gasteiger partial charge in [0.2, 0.25) is 0 Å². The summed E-state index contributed by atoms with van der Waals surface area (Å²) in [5.41, 5.74) is 18.1. The van der Waals surface area contributed by atoms with Crippen LogP contribution >= 0.6 is 0 Å². The van der Waals surface area contributed by atoms with Crippen LogP contribution < -0.4 is 0 Å². The van der Waals surface area contributed by atoms with Crippen LogP contribution in [0.2, 0.25) is 0 Å². The molecule has 0 saturated carbocycles. The van der Waals surface area contributed by atoms with Crippen LogP contribution in [0.5, 0.6) is 0 Å². The van der Waals surface area contributed by atoms with Gasteiger partial charge in [0.25, 0.3) is 0 Å². The first-order chi connectivity index (χ1) is 27.3. The van der Waals surface area contributed by atoms with E-state index in [-0.39, 0.29) is 0 Å². The highest BCUT2D eigenvalue weighted by Gasteiger charge is 2.19. The Kier molecular flexibility index (Phi) is 8.24.